The quantitative estimate of drug-likeness (QED) is 0.900. The van der Waals surface area contributed by atoms with Crippen LogP contribution < -0.4 is 5.32 Å². The van der Waals surface area contributed by atoms with E-state index in [1.807, 2.05) is 14.0 Å². The summed E-state index contributed by atoms with van der Waals surface area (Å²) in [6.45, 7) is 4.10. The lowest BCUT2D eigenvalue weighted by Crippen LogP contribution is -2.27. The molecule has 5 heteroatoms. The number of likely N-dealkylation sites (N-methyl/N-ethyl adjacent to an activating group) is 1. The van der Waals surface area contributed by atoms with Crippen LogP contribution in [0.1, 0.15) is 37.0 Å². The minimum absolute atomic E-state index is 0.152. The molecule has 2 unspecified atom stereocenters. The van der Waals surface area contributed by atoms with Crippen LogP contribution in [0.4, 0.5) is 4.39 Å². The van der Waals surface area contributed by atoms with Gasteiger partial charge in [0.2, 0.25) is 5.89 Å². The Labute approximate surface area is 112 Å². The molecule has 2 aromatic rings. The third-order valence-corrected chi connectivity index (χ3v) is 3.35. The molecular weight excluding hydrogens is 245 g/mol. The minimum atomic E-state index is -0.242. The first kappa shape index (κ1) is 13.7. The van der Waals surface area contributed by atoms with Gasteiger partial charge in [-0.3, -0.25) is 0 Å². The average Bonchev–Trinajstić information content (AvgIpc) is 2.88. The van der Waals surface area contributed by atoms with Crippen LogP contribution in [0.2, 0.25) is 0 Å². The zero-order valence-corrected chi connectivity index (χ0v) is 11.4. The van der Waals surface area contributed by atoms with Gasteiger partial charge >= 0.3 is 0 Å². The lowest BCUT2D eigenvalue weighted by atomic mass is 10.0. The Hall–Kier alpha value is -1.75. The average molecular weight is 263 g/mol. The van der Waals surface area contributed by atoms with E-state index in [4.69, 9.17) is 4.52 Å². The van der Waals surface area contributed by atoms with Gasteiger partial charge in [-0.15, -0.1) is 0 Å². The van der Waals surface area contributed by atoms with Crippen molar-refractivity contribution in [3.8, 4) is 0 Å². The molecule has 4 nitrogen and oxygen atoms in total. The molecule has 0 aliphatic rings. The van der Waals surface area contributed by atoms with Crippen molar-refractivity contribution in [2.45, 2.75) is 32.2 Å². The largest absolute Gasteiger partial charge is 0.339 e. The number of aromatic nitrogens is 2. The second kappa shape index (κ2) is 5.93. The van der Waals surface area contributed by atoms with Gasteiger partial charge in [-0.25, -0.2) is 4.39 Å². The second-order valence-corrected chi connectivity index (χ2v) is 4.72. The molecule has 0 aliphatic heterocycles. The summed E-state index contributed by atoms with van der Waals surface area (Å²) in [5, 5.41) is 7.12. The van der Waals surface area contributed by atoms with E-state index in [0.29, 0.717) is 18.1 Å². The predicted octanol–water partition coefficient (Wildman–Crippen LogP) is 2.51. The van der Waals surface area contributed by atoms with Crippen molar-refractivity contribution in [3.63, 3.8) is 0 Å². The normalized spacial score (nSPS) is 14.3. The van der Waals surface area contributed by atoms with Gasteiger partial charge in [0.05, 0.1) is 5.92 Å². The van der Waals surface area contributed by atoms with Crippen molar-refractivity contribution in [1.82, 2.24) is 15.5 Å². The van der Waals surface area contributed by atoms with E-state index in [-0.39, 0.29) is 17.8 Å². The maximum Gasteiger partial charge on any atom is 0.231 e. The minimum Gasteiger partial charge on any atom is -0.339 e. The van der Waals surface area contributed by atoms with Crippen LogP contribution in [0.15, 0.2) is 28.8 Å². The standard InChI is InChI=1S/C14H18FN3O/c1-9(10(2)16-3)14-17-13(18-19-14)8-11-4-6-12(15)7-5-11/h4-7,9-10,16H,8H2,1-3H3. The Morgan fingerprint density at radius 1 is 1.26 bits per heavy atom. The van der Waals surface area contributed by atoms with Crippen molar-refractivity contribution < 1.29 is 8.91 Å². The van der Waals surface area contributed by atoms with Gasteiger partial charge in [0.25, 0.3) is 0 Å². The Morgan fingerprint density at radius 2 is 1.95 bits per heavy atom. The molecule has 0 amide bonds. The number of hydrogen-bond donors (Lipinski definition) is 1. The van der Waals surface area contributed by atoms with Gasteiger partial charge in [0.15, 0.2) is 5.82 Å². The van der Waals surface area contributed by atoms with Crippen LogP contribution >= 0.6 is 0 Å². The highest BCUT2D eigenvalue weighted by Gasteiger charge is 2.19. The number of halogens is 1. The first-order valence-corrected chi connectivity index (χ1v) is 6.34. The summed E-state index contributed by atoms with van der Waals surface area (Å²) in [5.41, 5.74) is 0.961. The Morgan fingerprint density at radius 3 is 2.58 bits per heavy atom. The maximum atomic E-state index is 12.8. The van der Waals surface area contributed by atoms with Crippen molar-refractivity contribution in [2.75, 3.05) is 7.05 Å². The molecule has 0 bridgehead atoms. The molecule has 102 valence electrons. The maximum absolute atomic E-state index is 12.8. The molecular formula is C14H18FN3O. The van der Waals surface area contributed by atoms with Crippen LogP contribution in [0.3, 0.4) is 0 Å². The third kappa shape index (κ3) is 3.38. The van der Waals surface area contributed by atoms with E-state index >= 15 is 0 Å². The monoisotopic (exact) mass is 263 g/mol. The molecule has 1 aromatic heterocycles. The zero-order chi connectivity index (χ0) is 13.8. The highest BCUT2D eigenvalue weighted by Crippen LogP contribution is 2.17. The van der Waals surface area contributed by atoms with Gasteiger partial charge < -0.3 is 9.84 Å². The van der Waals surface area contributed by atoms with E-state index in [0.717, 1.165) is 5.56 Å². The lowest BCUT2D eigenvalue weighted by molar-refractivity contribution is 0.333. The summed E-state index contributed by atoms with van der Waals surface area (Å²) in [7, 11) is 1.90. The fraction of sp³-hybridized carbons (Fsp3) is 0.429. The first-order valence-electron chi connectivity index (χ1n) is 6.34. The molecule has 1 N–H and O–H groups in total. The van der Waals surface area contributed by atoms with Crippen LogP contribution in [-0.4, -0.2) is 23.2 Å². The van der Waals surface area contributed by atoms with Gasteiger partial charge in [-0.1, -0.05) is 24.2 Å². The molecule has 1 heterocycles. The number of nitrogens with one attached hydrogen (secondary N) is 1. The molecule has 2 atom stereocenters. The van der Waals surface area contributed by atoms with Crippen molar-refractivity contribution in [3.05, 3.63) is 47.4 Å². The fourth-order valence-corrected chi connectivity index (χ4v) is 1.77. The van der Waals surface area contributed by atoms with Gasteiger partial charge in [-0.2, -0.15) is 4.98 Å². The highest BCUT2D eigenvalue weighted by molar-refractivity contribution is 5.19. The SMILES string of the molecule is CNC(C)C(C)c1nc(Cc2ccc(F)cc2)no1. The number of benzene rings is 1. The molecule has 0 radical (unpaired) electrons. The third-order valence-electron chi connectivity index (χ3n) is 3.35. The second-order valence-electron chi connectivity index (χ2n) is 4.72. The molecule has 0 aliphatic carbocycles. The summed E-state index contributed by atoms with van der Waals surface area (Å²) < 4.78 is 18.1. The van der Waals surface area contributed by atoms with Gasteiger partial charge in [-0.05, 0) is 31.7 Å². The number of rotatable bonds is 5. The predicted molar refractivity (Wildman–Crippen MR) is 70.4 cm³/mol. The molecule has 0 saturated carbocycles. The van der Waals surface area contributed by atoms with Crippen LogP contribution in [0, 0.1) is 5.82 Å². The van der Waals surface area contributed by atoms with E-state index in [1.54, 1.807) is 12.1 Å². The summed E-state index contributed by atoms with van der Waals surface area (Å²) in [6, 6.07) is 6.58. The Kier molecular flexibility index (Phi) is 4.27. The lowest BCUT2D eigenvalue weighted by Gasteiger charge is -2.14. The summed E-state index contributed by atoms with van der Waals surface area (Å²) in [5.74, 6) is 1.16. The van der Waals surface area contributed by atoms with E-state index in [1.165, 1.54) is 12.1 Å². The zero-order valence-electron chi connectivity index (χ0n) is 11.4. The smallest absolute Gasteiger partial charge is 0.231 e. The Bertz CT molecular complexity index is 524. The van der Waals surface area contributed by atoms with E-state index in [9.17, 15) is 4.39 Å². The number of nitrogens with zero attached hydrogens (tertiary/aromatic N) is 2. The number of hydrogen-bond acceptors (Lipinski definition) is 4. The first-order chi connectivity index (χ1) is 9.10. The fourth-order valence-electron chi connectivity index (χ4n) is 1.77. The summed E-state index contributed by atoms with van der Waals surface area (Å²) >= 11 is 0. The molecule has 2 rings (SSSR count). The summed E-state index contributed by atoms with van der Waals surface area (Å²) in [4.78, 5) is 4.39. The molecule has 0 saturated heterocycles. The summed E-state index contributed by atoms with van der Waals surface area (Å²) in [6.07, 6.45) is 0.546. The van der Waals surface area contributed by atoms with Crippen LogP contribution in [-0.2, 0) is 6.42 Å². The van der Waals surface area contributed by atoms with Crippen molar-refractivity contribution in [2.24, 2.45) is 0 Å². The van der Waals surface area contributed by atoms with E-state index < -0.39 is 0 Å². The van der Waals surface area contributed by atoms with E-state index in [2.05, 4.69) is 22.4 Å². The molecule has 1 aromatic carbocycles. The van der Waals surface area contributed by atoms with Crippen LogP contribution in [0.5, 0.6) is 0 Å². The molecule has 0 fully saturated rings. The van der Waals surface area contributed by atoms with Crippen molar-refractivity contribution >= 4 is 0 Å². The Balaban J connectivity index is 2.07. The topological polar surface area (TPSA) is 51.0 Å². The van der Waals surface area contributed by atoms with Crippen molar-refractivity contribution in [1.29, 1.82) is 0 Å². The van der Waals surface area contributed by atoms with Gasteiger partial charge in [0.1, 0.15) is 5.82 Å². The van der Waals surface area contributed by atoms with Gasteiger partial charge in [0, 0.05) is 12.5 Å². The van der Waals surface area contributed by atoms with Crippen LogP contribution in [0.25, 0.3) is 0 Å². The highest BCUT2D eigenvalue weighted by atomic mass is 19.1. The molecule has 0 spiro atoms. The molecule has 19 heavy (non-hydrogen) atoms.